The molecule has 0 spiro atoms. The number of hydrogen-bond acceptors (Lipinski definition) is 3. The molecule has 2 amide bonds. The van der Waals surface area contributed by atoms with E-state index < -0.39 is 5.91 Å². The van der Waals surface area contributed by atoms with Gasteiger partial charge >= 0.3 is 0 Å². The minimum atomic E-state index is -0.391. The second kappa shape index (κ2) is 10.0. The van der Waals surface area contributed by atoms with E-state index in [0.29, 0.717) is 33.9 Å². The summed E-state index contributed by atoms with van der Waals surface area (Å²) in [7, 11) is 0. The molecule has 1 heterocycles. The number of amides is 2. The quantitative estimate of drug-likeness (QED) is 0.576. The van der Waals surface area contributed by atoms with Gasteiger partial charge in [-0.2, -0.15) is 0 Å². The van der Waals surface area contributed by atoms with Crippen molar-refractivity contribution < 1.29 is 14.3 Å². The van der Waals surface area contributed by atoms with Crippen molar-refractivity contribution in [3.8, 4) is 5.75 Å². The molecule has 5 nitrogen and oxygen atoms in total. The summed E-state index contributed by atoms with van der Waals surface area (Å²) in [6, 6.07) is 10.3. The molecule has 1 N–H and O–H groups in total. The molecule has 1 aliphatic rings. The highest BCUT2D eigenvalue weighted by Gasteiger charge is 2.16. The zero-order chi connectivity index (χ0) is 21.7. The van der Waals surface area contributed by atoms with Crippen LogP contribution in [0.2, 0.25) is 15.1 Å². The summed E-state index contributed by atoms with van der Waals surface area (Å²) in [5.74, 6) is 0.0565. The Balaban J connectivity index is 1.64. The lowest BCUT2D eigenvalue weighted by Gasteiger charge is -2.20. The van der Waals surface area contributed by atoms with Crippen LogP contribution in [0.5, 0.6) is 5.75 Å². The molecule has 2 aromatic rings. The Kier molecular flexibility index (Phi) is 7.43. The van der Waals surface area contributed by atoms with Crippen LogP contribution >= 0.6 is 34.8 Å². The first-order valence-corrected chi connectivity index (χ1v) is 10.3. The van der Waals surface area contributed by atoms with E-state index in [4.69, 9.17) is 39.5 Å². The van der Waals surface area contributed by atoms with E-state index in [-0.39, 0.29) is 12.5 Å². The molecule has 30 heavy (non-hydrogen) atoms. The van der Waals surface area contributed by atoms with Crippen molar-refractivity contribution in [3.05, 3.63) is 74.8 Å². The highest BCUT2D eigenvalue weighted by molar-refractivity contribution is 6.39. The van der Waals surface area contributed by atoms with Crippen LogP contribution in [-0.4, -0.2) is 36.4 Å². The highest BCUT2D eigenvalue weighted by atomic mass is 35.5. The number of benzene rings is 2. The van der Waals surface area contributed by atoms with Crippen molar-refractivity contribution in [1.82, 2.24) is 4.90 Å². The number of anilines is 1. The second-order valence-electron chi connectivity index (χ2n) is 6.52. The van der Waals surface area contributed by atoms with Crippen molar-refractivity contribution in [1.29, 1.82) is 0 Å². The predicted octanol–water partition coefficient (Wildman–Crippen LogP) is 5.47. The summed E-state index contributed by atoms with van der Waals surface area (Å²) < 4.78 is 5.67. The van der Waals surface area contributed by atoms with Crippen molar-refractivity contribution in [2.75, 3.05) is 25.0 Å². The second-order valence-corrected chi connectivity index (χ2v) is 7.77. The monoisotopic (exact) mass is 464 g/mol. The molecule has 1 aliphatic heterocycles. The average Bonchev–Trinajstić information content (AvgIpc) is 2.72. The lowest BCUT2D eigenvalue weighted by atomic mass is 10.1. The van der Waals surface area contributed by atoms with Crippen LogP contribution in [0.25, 0.3) is 6.08 Å². The standard InChI is InChI=1S/C22H19Cl3N2O3/c1-2-27(12-20(28)26-22-17(24)4-3-5-18(22)25)21(29)9-6-14-10-15-11-16(23)7-8-19(15)30-13-14/h3-11H,2,12-13H2,1H3,(H,26,28)/b9-6+. The number of carbonyl (C=O) groups is 2. The van der Waals surface area contributed by atoms with Crippen LogP contribution in [0.3, 0.4) is 0 Å². The number of nitrogens with zero attached hydrogens (tertiary/aromatic N) is 1. The number of hydrogen-bond donors (Lipinski definition) is 1. The Morgan fingerprint density at radius 1 is 1.17 bits per heavy atom. The first-order chi connectivity index (χ1) is 14.4. The molecule has 0 atom stereocenters. The van der Waals surface area contributed by atoms with Gasteiger partial charge in [-0.25, -0.2) is 0 Å². The smallest absolute Gasteiger partial charge is 0.247 e. The van der Waals surface area contributed by atoms with Gasteiger partial charge in [0.15, 0.2) is 0 Å². The number of carbonyl (C=O) groups excluding carboxylic acids is 2. The van der Waals surface area contributed by atoms with Crippen molar-refractivity contribution in [3.63, 3.8) is 0 Å². The maximum Gasteiger partial charge on any atom is 0.247 e. The zero-order valence-electron chi connectivity index (χ0n) is 16.1. The number of nitrogens with one attached hydrogen (secondary N) is 1. The van der Waals surface area contributed by atoms with Gasteiger partial charge in [-0.1, -0.05) is 46.9 Å². The van der Waals surface area contributed by atoms with Gasteiger partial charge in [-0.3, -0.25) is 9.59 Å². The molecule has 0 fully saturated rings. The molecule has 0 bridgehead atoms. The van der Waals surface area contributed by atoms with Crippen LogP contribution in [0.1, 0.15) is 12.5 Å². The van der Waals surface area contributed by atoms with Gasteiger partial charge in [0.1, 0.15) is 18.9 Å². The van der Waals surface area contributed by atoms with Crippen LogP contribution < -0.4 is 10.1 Å². The Labute approximate surface area is 189 Å². The van der Waals surface area contributed by atoms with Gasteiger partial charge in [0.2, 0.25) is 11.8 Å². The molecule has 0 aromatic heterocycles. The van der Waals surface area contributed by atoms with E-state index in [0.717, 1.165) is 16.9 Å². The number of para-hydroxylation sites is 1. The van der Waals surface area contributed by atoms with Gasteiger partial charge < -0.3 is 15.0 Å². The van der Waals surface area contributed by atoms with E-state index >= 15 is 0 Å². The van der Waals surface area contributed by atoms with Crippen molar-refractivity contribution >= 4 is 58.4 Å². The molecule has 2 aromatic carbocycles. The first kappa shape index (κ1) is 22.2. The molecule has 0 saturated heterocycles. The average molecular weight is 466 g/mol. The summed E-state index contributed by atoms with van der Waals surface area (Å²) in [6.07, 6.45) is 5.01. The van der Waals surface area contributed by atoms with Crippen LogP contribution in [0, 0.1) is 0 Å². The normalized spacial score (nSPS) is 12.7. The van der Waals surface area contributed by atoms with Crippen molar-refractivity contribution in [2.45, 2.75) is 6.92 Å². The number of halogens is 3. The van der Waals surface area contributed by atoms with Crippen molar-refractivity contribution in [2.24, 2.45) is 0 Å². The number of ether oxygens (including phenoxy) is 1. The molecule has 0 radical (unpaired) electrons. The summed E-state index contributed by atoms with van der Waals surface area (Å²) in [4.78, 5) is 26.3. The third kappa shape index (κ3) is 5.57. The maximum absolute atomic E-state index is 12.6. The Morgan fingerprint density at radius 3 is 2.60 bits per heavy atom. The van der Waals surface area contributed by atoms with Gasteiger partial charge in [0.25, 0.3) is 0 Å². The Hall–Kier alpha value is -2.47. The number of fused-ring (bicyclic) bond motifs is 1. The molecule has 156 valence electrons. The minimum Gasteiger partial charge on any atom is -0.488 e. The number of rotatable bonds is 6. The SMILES string of the molecule is CCN(CC(=O)Nc1c(Cl)cccc1Cl)C(=O)/C=C/C1=Cc2cc(Cl)ccc2OC1. The Morgan fingerprint density at radius 2 is 1.90 bits per heavy atom. The molecular weight excluding hydrogens is 447 g/mol. The van der Waals surface area contributed by atoms with Gasteiger partial charge in [0.05, 0.1) is 15.7 Å². The first-order valence-electron chi connectivity index (χ1n) is 9.21. The van der Waals surface area contributed by atoms with Crippen LogP contribution in [0.15, 0.2) is 54.1 Å². The minimum absolute atomic E-state index is 0.130. The van der Waals surface area contributed by atoms with E-state index in [2.05, 4.69) is 5.32 Å². The molecular formula is C22H19Cl3N2O3. The summed E-state index contributed by atoms with van der Waals surface area (Å²) in [5, 5.41) is 3.92. The predicted molar refractivity (Wildman–Crippen MR) is 121 cm³/mol. The molecule has 8 heteroatoms. The summed E-state index contributed by atoms with van der Waals surface area (Å²) in [6.45, 7) is 2.37. The topological polar surface area (TPSA) is 58.6 Å². The van der Waals surface area contributed by atoms with E-state index in [9.17, 15) is 9.59 Å². The van der Waals surface area contributed by atoms with E-state index in [1.54, 1.807) is 43.3 Å². The van der Waals surface area contributed by atoms with Crippen LogP contribution in [0.4, 0.5) is 5.69 Å². The lowest BCUT2D eigenvalue weighted by Crippen LogP contribution is -2.37. The van der Waals surface area contributed by atoms with E-state index in [1.165, 1.54) is 11.0 Å². The fourth-order valence-corrected chi connectivity index (χ4v) is 3.53. The lowest BCUT2D eigenvalue weighted by molar-refractivity contribution is -0.130. The van der Waals surface area contributed by atoms with E-state index in [1.807, 2.05) is 12.1 Å². The molecule has 0 unspecified atom stereocenters. The fourth-order valence-electron chi connectivity index (χ4n) is 2.86. The zero-order valence-corrected chi connectivity index (χ0v) is 18.4. The maximum atomic E-state index is 12.6. The third-order valence-electron chi connectivity index (χ3n) is 4.40. The Bertz CT molecular complexity index is 1010. The highest BCUT2D eigenvalue weighted by Crippen LogP contribution is 2.30. The summed E-state index contributed by atoms with van der Waals surface area (Å²) >= 11 is 18.2. The third-order valence-corrected chi connectivity index (χ3v) is 5.27. The number of likely N-dealkylation sites (N-methyl/N-ethyl adjacent to an activating group) is 1. The molecule has 0 aliphatic carbocycles. The van der Waals surface area contributed by atoms with Gasteiger partial charge in [-0.05, 0) is 48.9 Å². The van der Waals surface area contributed by atoms with Gasteiger partial charge in [0, 0.05) is 23.2 Å². The largest absolute Gasteiger partial charge is 0.488 e. The fraction of sp³-hybridized carbons (Fsp3) is 0.182. The van der Waals surface area contributed by atoms with Crippen LogP contribution in [-0.2, 0) is 9.59 Å². The molecule has 3 rings (SSSR count). The summed E-state index contributed by atoms with van der Waals surface area (Å²) in [5.41, 5.74) is 2.00. The van der Waals surface area contributed by atoms with Gasteiger partial charge in [-0.15, -0.1) is 0 Å². The molecule has 0 saturated carbocycles.